The average molecular weight is 215 g/mol. The van der Waals surface area contributed by atoms with Crippen molar-refractivity contribution in [1.82, 2.24) is 4.98 Å². The van der Waals surface area contributed by atoms with Crippen molar-refractivity contribution >= 4 is 17.2 Å². The molecule has 2 rings (SSSR count). The van der Waals surface area contributed by atoms with E-state index in [1.807, 2.05) is 30.3 Å². The zero-order valence-electron chi connectivity index (χ0n) is 9.05. The van der Waals surface area contributed by atoms with E-state index in [9.17, 15) is 9.90 Å². The maximum absolute atomic E-state index is 10.6. The molecule has 0 saturated heterocycles. The molecule has 0 spiro atoms. The summed E-state index contributed by atoms with van der Waals surface area (Å²) in [5.74, 6) is 0. The van der Waals surface area contributed by atoms with Gasteiger partial charge in [0.2, 0.25) is 0 Å². The fourth-order valence-electron chi connectivity index (χ4n) is 1.85. The molecule has 1 aromatic heterocycles. The Hall–Kier alpha value is -1.74. The lowest BCUT2D eigenvalue weighted by molar-refractivity contribution is -0.112. The molecule has 16 heavy (non-hydrogen) atoms. The van der Waals surface area contributed by atoms with Crippen LogP contribution in [0.2, 0.25) is 0 Å². The maximum atomic E-state index is 10.6. The number of carbonyl (C=O) groups is 1. The molecule has 0 bridgehead atoms. The first kappa shape index (κ1) is 10.8. The van der Waals surface area contributed by atoms with Gasteiger partial charge in [0.25, 0.3) is 0 Å². The number of hydrogen-bond donors (Lipinski definition) is 1. The van der Waals surface area contributed by atoms with Crippen molar-refractivity contribution in [3.63, 3.8) is 0 Å². The van der Waals surface area contributed by atoms with Crippen LogP contribution in [0.3, 0.4) is 0 Å². The third-order valence-electron chi connectivity index (χ3n) is 2.71. The Morgan fingerprint density at radius 3 is 2.94 bits per heavy atom. The summed E-state index contributed by atoms with van der Waals surface area (Å²) in [6.07, 6.45) is 2.52. The summed E-state index contributed by atoms with van der Waals surface area (Å²) in [6, 6.07) is 9.27. The number of aromatic nitrogens is 1. The fraction of sp³-hybridized carbons (Fsp3) is 0.231. The van der Waals surface area contributed by atoms with Crippen LogP contribution in [0.25, 0.3) is 10.9 Å². The third-order valence-corrected chi connectivity index (χ3v) is 2.71. The Morgan fingerprint density at radius 2 is 2.19 bits per heavy atom. The van der Waals surface area contributed by atoms with Crippen LogP contribution in [-0.4, -0.2) is 16.4 Å². The molecule has 1 heterocycles. The Morgan fingerprint density at radius 1 is 1.38 bits per heavy atom. The molecule has 2 aromatic rings. The van der Waals surface area contributed by atoms with Crippen LogP contribution in [0.1, 0.15) is 18.9 Å². The molecule has 3 heteroatoms. The number of pyridine rings is 1. The Balaban J connectivity index is 2.64. The van der Waals surface area contributed by atoms with Crippen molar-refractivity contribution in [1.29, 1.82) is 0 Å². The fourth-order valence-corrected chi connectivity index (χ4v) is 1.85. The smallest absolute Gasteiger partial charge is 0.123 e. The molecule has 3 nitrogen and oxygen atoms in total. The zero-order chi connectivity index (χ0) is 11.6. The summed E-state index contributed by atoms with van der Waals surface area (Å²) in [5.41, 5.74) is 0.431. The van der Waals surface area contributed by atoms with Crippen LogP contribution in [-0.2, 0) is 10.4 Å². The normalized spacial score (nSPS) is 14.6. The predicted molar refractivity (Wildman–Crippen MR) is 62.0 cm³/mol. The molecular weight excluding hydrogens is 202 g/mol. The van der Waals surface area contributed by atoms with Gasteiger partial charge in [0, 0.05) is 18.0 Å². The molecule has 1 unspecified atom stereocenters. The van der Waals surface area contributed by atoms with E-state index in [1.165, 1.54) is 0 Å². The standard InChI is InChI=1S/C13H13NO2/c1-13(16,7-9-15)11-5-2-6-12-10(11)4-3-8-14-12/h2-6,8-9,16H,7H2,1H3. The topological polar surface area (TPSA) is 50.2 Å². The SMILES string of the molecule is CC(O)(CC=O)c1cccc2ncccc12. The minimum atomic E-state index is -1.13. The summed E-state index contributed by atoms with van der Waals surface area (Å²) in [6.45, 7) is 1.64. The molecule has 1 atom stereocenters. The summed E-state index contributed by atoms with van der Waals surface area (Å²) in [4.78, 5) is 14.8. The number of hydrogen-bond acceptors (Lipinski definition) is 3. The minimum Gasteiger partial charge on any atom is -0.385 e. The second-order valence-electron chi connectivity index (χ2n) is 4.02. The lowest BCUT2D eigenvalue weighted by Gasteiger charge is -2.22. The van der Waals surface area contributed by atoms with Gasteiger partial charge in [-0.3, -0.25) is 4.98 Å². The van der Waals surface area contributed by atoms with E-state index >= 15 is 0 Å². The highest BCUT2D eigenvalue weighted by Gasteiger charge is 2.24. The van der Waals surface area contributed by atoms with Gasteiger partial charge in [0.05, 0.1) is 11.1 Å². The molecule has 1 N–H and O–H groups in total. The molecular formula is C13H13NO2. The molecule has 0 aliphatic carbocycles. The van der Waals surface area contributed by atoms with E-state index in [4.69, 9.17) is 0 Å². The Bertz CT molecular complexity index is 515. The number of aliphatic hydroxyl groups is 1. The lowest BCUT2D eigenvalue weighted by Crippen LogP contribution is -2.21. The largest absolute Gasteiger partial charge is 0.385 e. The molecule has 0 saturated carbocycles. The number of benzene rings is 1. The number of carbonyl (C=O) groups excluding carboxylic acids is 1. The van der Waals surface area contributed by atoms with Crippen molar-refractivity contribution in [2.75, 3.05) is 0 Å². The number of fused-ring (bicyclic) bond motifs is 1. The minimum absolute atomic E-state index is 0.0843. The molecule has 0 aliphatic heterocycles. The van der Waals surface area contributed by atoms with Crippen molar-refractivity contribution in [3.8, 4) is 0 Å². The van der Waals surface area contributed by atoms with Gasteiger partial charge in [-0.05, 0) is 24.6 Å². The van der Waals surface area contributed by atoms with Crippen molar-refractivity contribution in [2.45, 2.75) is 18.9 Å². The molecule has 0 aliphatic rings. The van der Waals surface area contributed by atoms with E-state index in [2.05, 4.69) is 4.98 Å². The van der Waals surface area contributed by atoms with Crippen LogP contribution in [0.4, 0.5) is 0 Å². The van der Waals surface area contributed by atoms with Gasteiger partial charge in [0.1, 0.15) is 6.29 Å². The van der Waals surface area contributed by atoms with E-state index in [-0.39, 0.29) is 6.42 Å². The van der Waals surface area contributed by atoms with Gasteiger partial charge >= 0.3 is 0 Å². The van der Waals surface area contributed by atoms with Gasteiger partial charge < -0.3 is 9.90 Å². The van der Waals surface area contributed by atoms with Gasteiger partial charge in [-0.25, -0.2) is 0 Å². The van der Waals surface area contributed by atoms with Crippen LogP contribution < -0.4 is 0 Å². The highest BCUT2D eigenvalue weighted by atomic mass is 16.3. The summed E-state index contributed by atoms with van der Waals surface area (Å²) < 4.78 is 0. The van der Waals surface area contributed by atoms with Crippen LogP contribution in [0.15, 0.2) is 36.5 Å². The van der Waals surface area contributed by atoms with E-state index in [0.29, 0.717) is 0 Å². The van der Waals surface area contributed by atoms with Gasteiger partial charge in [0.15, 0.2) is 0 Å². The van der Waals surface area contributed by atoms with E-state index in [1.54, 1.807) is 13.1 Å². The van der Waals surface area contributed by atoms with Crippen LogP contribution >= 0.6 is 0 Å². The van der Waals surface area contributed by atoms with Gasteiger partial charge in [-0.2, -0.15) is 0 Å². The molecule has 0 radical (unpaired) electrons. The van der Waals surface area contributed by atoms with E-state index < -0.39 is 5.60 Å². The summed E-state index contributed by atoms with van der Waals surface area (Å²) in [5, 5.41) is 11.1. The maximum Gasteiger partial charge on any atom is 0.123 e. The van der Waals surface area contributed by atoms with Crippen LogP contribution in [0.5, 0.6) is 0 Å². The first-order chi connectivity index (χ1) is 7.65. The first-order valence-corrected chi connectivity index (χ1v) is 5.15. The number of rotatable bonds is 3. The summed E-state index contributed by atoms with van der Waals surface area (Å²) in [7, 11) is 0. The van der Waals surface area contributed by atoms with Crippen molar-refractivity contribution < 1.29 is 9.90 Å². The second kappa shape index (κ2) is 4.02. The number of aldehydes is 1. The second-order valence-corrected chi connectivity index (χ2v) is 4.02. The Labute approximate surface area is 93.7 Å². The van der Waals surface area contributed by atoms with Crippen molar-refractivity contribution in [2.24, 2.45) is 0 Å². The first-order valence-electron chi connectivity index (χ1n) is 5.15. The summed E-state index contributed by atoms with van der Waals surface area (Å²) >= 11 is 0. The quantitative estimate of drug-likeness (QED) is 0.797. The molecule has 0 fully saturated rings. The third kappa shape index (κ3) is 1.82. The van der Waals surface area contributed by atoms with Crippen molar-refractivity contribution in [3.05, 3.63) is 42.1 Å². The zero-order valence-corrected chi connectivity index (χ0v) is 9.05. The highest BCUT2D eigenvalue weighted by molar-refractivity contribution is 5.83. The molecule has 1 aromatic carbocycles. The number of nitrogens with zero attached hydrogens (tertiary/aromatic N) is 1. The van der Waals surface area contributed by atoms with E-state index in [0.717, 1.165) is 22.8 Å². The predicted octanol–water partition coefficient (Wildman–Crippen LogP) is 2.03. The van der Waals surface area contributed by atoms with Gasteiger partial charge in [-0.1, -0.05) is 18.2 Å². The monoisotopic (exact) mass is 215 g/mol. The van der Waals surface area contributed by atoms with Gasteiger partial charge in [-0.15, -0.1) is 0 Å². The highest BCUT2D eigenvalue weighted by Crippen LogP contribution is 2.29. The Kier molecular flexibility index (Phi) is 2.71. The lowest BCUT2D eigenvalue weighted by atomic mass is 9.90. The average Bonchev–Trinajstić information content (AvgIpc) is 2.28. The molecule has 0 amide bonds. The van der Waals surface area contributed by atoms with Crippen LogP contribution in [0, 0.1) is 0 Å². The molecule has 82 valence electrons.